The molecule has 2 aromatic carbocycles. The van der Waals surface area contributed by atoms with E-state index in [2.05, 4.69) is 0 Å². The van der Waals surface area contributed by atoms with Crippen molar-refractivity contribution in [2.24, 2.45) is 5.73 Å². The van der Waals surface area contributed by atoms with E-state index in [9.17, 15) is 13.2 Å². The number of nitrogens with two attached hydrogens (primary N) is 1. The summed E-state index contributed by atoms with van der Waals surface area (Å²) >= 11 is 0. The second-order valence-electron chi connectivity index (χ2n) is 6.07. The summed E-state index contributed by atoms with van der Waals surface area (Å²) in [6, 6.07) is 15.2. The Hall–Kier alpha value is -2.18. The van der Waals surface area contributed by atoms with Crippen molar-refractivity contribution in [2.75, 3.05) is 13.1 Å². The molecule has 1 aliphatic rings. The van der Waals surface area contributed by atoms with Crippen molar-refractivity contribution >= 4 is 15.7 Å². The number of hydrogen-bond donors (Lipinski definition) is 1. The van der Waals surface area contributed by atoms with Gasteiger partial charge in [0, 0.05) is 24.7 Å². The van der Waals surface area contributed by atoms with Gasteiger partial charge in [-0.1, -0.05) is 30.3 Å². The third kappa shape index (κ3) is 3.66. The molecule has 0 aliphatic carbocycles. The van der Waals surface area contributed by atoms with Crippen molar-refractivity contribution in [1.82, 2.24) is 4.90 Å². The second-order valence-corrected chi connectivity index (χ2v) is 8.06. The highest BCUT2D eigenvalue weighted by Gasteiger charge is 2.25. The summed E-state index contributed by atoms with van der Waals surface area (Å²) in [7, 11) is -3.43. The van der Waals surface area contributed by atoms with Crippen LogP contribution in [0.25, 0.3) is 0 Å². The molecule has 0 bridgehead atoms. The monoisotopic (exact) mass is 344 g/mol. The Bertz CT molecular complexity index is 817. The van der Waals surface area contributed by atoms with Crippen LogP contribution in [0.4, 0.5) is 0 Å². The van der Waals surface area contributed by atoms with Crippen LogP contribution in [-0.2, 0) is 15.6 Å². The Kier molecular flexibility index (Phi) is 4.69. The van der Waals surface area contributed by atoms with Gasteiger partial charge in [-0.15, -0.1) is 0 Å². The molecule has 1 heterocycles. The Morgan fingerprint density at radius 1 is 1.08 bits per heavy atom. The molecule has 1 atom stereocenters. The topological polar surface area (TPSA) is 80.5 Å². The average molecular weight is 344 g/mol. The van der Waals surface area contributed by atoms with Gasteiger partial charge in [-0.3, -0.25) is 4.79 Å². The predicted octanol–water partition coefficient (Wildman–Crippen LogP) is 1.83. The first kappa shape index (κ1) is 16.7. The summed E-state index contributed by atoms with van der Waals surface area (Å²) in [5.41, 5.74) is 7.05. The van der Waals surface area contributed by atoms with Crippen LogP contribution in [0.2, 0.25) is 0 Å². The number of carbonyl (C=O) groups is 1. The smallest absolute Gasteiger partial charge is 0.253 e. The molecule has 1 unspecified atom stereocenters. The van der Waals surface area contributed by atoms with E-state index in [1.807, 2.05) is 18.2 Å². The molecule has 1 aliphatic heterocycles. The zero-order chi connectivity index (χ0) is 17.2. The van der Waals surface area contributed by atoms with E-state index in [0.717, 1.165) is 12.0 Å². The van der Waals surface area contributed by atoms with Crippen molar-refractivity contribution in [3.63, 3.8) is 0 Å². The van der Waals surface area contributed by atoms with Crippen molar-refractivity contribution in [3.8, 4) is 0 Å². The van der Waals surface area contributed by atoms with Crippen molar-refractivity contribution < 1.29 is 13.2 Å². The number of likely N-dealkylation sites (tertiary alicyclic amines) is 1. The van der Waals surface area contributed by atoms with E-state index < -0.39 is 9.84 Å². The number of hydrogen-bond acceptors (Lipinski definition) is 4. The molecule has 3 rings (SSSR count). The molecule has 6 heteroatoms. The van der Waals surface area contributed by atoms with E-state index >= 15 is 0 Å². The lowest BCUT2D eigenvalue weighted by atomic mass is 10.2. The van der Waals surface area contributed by atoms with E-state index in [-0.39, 0.29) is 22.6 Å². The van der Waals surface area contributed by atoms with E-state index in [1.54, 1.807) is 29.2 Å². The van der Waals surface area contributed by atoms with Gasteiger partial charge in [0.05, 0.1) is 10.6 Å². The number of nitrogens with zero attached hydrogens (tertiary/aromatic N) is 1. The lowest BCUT2D eigenvalue weighted by Gasteiger charge is -2.16. The Morgan fingerprint density at radius 2 is 1.75 bits per heavy atom. The molecule has 0 spiro atoms. The molecule has 24 heavy (non-hydrogen) atoms. The van der Waals surface area contributed by atoms with E-state index in [1.165, 1.54) is 12.1 Å². The minimum absolute atomic E-state index is 0.0273. The standard InChI is InChI=1S/C18H20N2O3S/c19-16-10-11-20(12-16)18(21)15-6-8-17(9-7-15)24(22,23)13-14-4-2-1-3-5-14/h1-9,16H,10-13,19H2. The van der Waals surface area contributed by atoms with Gasteiger partial charge in [-0.25, -0.2) is 8.42 Å². The van der Waals surface area contributed by atoms with Crippen molar-refractivity contribution in [2.45, 2.75) is 23.1 Å². The summed E-state index contributed by atoms with van der Waals surface area (Å²) in [4.78, 5) is 14.3. The molecule has 1 fully saturated rings. The number of carbonyl (C=O) groups excluding carboxylic acids is 1. The van der Waals surface area contributed by atoms with E-state index in [0.29, 0.717) is 18.7 Å². The fraction of sp³-hybridized carbons (Fsp3) is 0.278. The minimum Gasteiger partial charge on any atom is -0.337 e. The Balaban J connectivity index is 1.75. The normalized spacial score (nSPS) is 17.9. The first-order chi connectivity index (χ1) is 11.5. The van der Waals surface area contributed by atoms with Gasteiger partial charge in [0.2, 0.25) is 0 Å². The molecule has 126 valence electrons. The quantitative estimate of drug-likeness (QED) is 0.918. The second kappa shape index (κ2) is 6.75. The summed E-state index contributed by atoms with van der Waals surface area (Å²) in [6.45, 7) is 1.20. The zero-order valence-corrected chi connectivity index (χ0v) is 14.1. The maximum atomic E-state index is 12.5. The third-order valence-corrected chi connectivity index (χ3v) is 5.88. The lowest BCUT2D eigenvalue weighted by Crippen LogP contribution is -2.31. The molecular formula is C18H20N2O3S. The SMILES string of the molecule is NC1CCN(C(=O)c2ccc(S(=O)(=O)Cc3ccccc3)cc2)C1. The fourth-order valence-corrected chi connectivity index (χ4v) is 4.18. The van der Waals surface area contributed by atoms with Crippen molar-refractivity contribution in [3.05, 3.63) is 65.7 Å². The van der Waals surface area contributed by atoms with Gasteiger partial charge < -0.3 is 10.6 Å². The van der Waals surface area contributed by atoms with Gasteiger partial charge in [0.1, 0.15) is 0 Å². The van der Waals surface area contributed by atoms with Gasteiger partial charge in [-0.2, -0.15) is 0 Å². The van der Waals surface area contributed by atoms with Gasteiger partial charge in [0.15, 0.2) is 9.84 Å². The molecular weight excluding hydrogens is 324 g/mol. The van der Waals surface area contributed by atoms with Crippen LogP contribution in [-0.4, -0.2) is 38.4 Å². The third-order valence-electron chi connectivity index (χ3n) is 4.17. The molecule has 2 N–H and O–H groups in total. The van der Waals surface area contributed by atoms with E-state index in [4.69, 9.17) is 5.73 Å². The van der Waals surface area contributed by atoms with Gasteiger partial charge in [0.25, 0.3) is 5.91 Å². The molecule has 0 radical (unpaired) electrons. The minimum atomic E-state index is -3.43. The predicted molar refractivity (Wildman–Crippen MR) is 92.3 cm³/mol. The summed E-state index contributed by atoms with van der Waals surface area (Å²) in [5.74, 6) is -0.155. The fourth-order valence-electron chi connectivity index (χ4n) is 2.84. The number of rotatable bonds is 4. The highest BCUT2D eigenvalue weighted by molar-refractivity contribution is 7.90. The molecule has 0 saturated carbocycles. The van der Waals surface area contributed by atoms with Crippen LogP contribution in [0, 0.1) is 0 Å². The van der Waals surface area contributed by atoms with Crippen LogP contribution >= 0.6 is 0 Å². The maximum Gasteiger partial charge on any atom is 0.253 e. The van der Waals surface area contributed by atoms with Crippen molar-refractivity contribution in [1.29, 1.82) is 0 Å². The molecule has 2 aromatic rings. The Labute approximate surface area is 142 Å². The zero-order valence-electron chi connectivity index (χ0n) is 13.3. The maximum absolute atomic E-state index is 12.5. The number of benzene rings is 2. The largest absolute Gasteiger partial charge is 0.337 e. The summed E-state index contributed by atoms with van der Waals surface area (Å²) < 4.78 is 24.9. The van der Waals surface area contributed by atoms with Crippen LogP contribution < -0.4 is 5.73 Å². The first-order valence-corrected chi connectivity index (χ1v) is 9.52. The highest BCUT2D eigenvalue weighted by Crippen LogP contribution is 2.19. The average Bonchev–Trinajstić information content (AvgIpc) is 3.01. The number of sulfone groups is 1. The number of amides is 1. The summed E-state index contributed by atoms with van der Waals surface area (Å²) in [6.07, 6.45) is 0.801. The van der Waals surface area contributed by atoms with Gasteiger partial charge >= 0.3 is 0 Å². The van der Waals surface area contributed by atoms with Crippen LogP contribution in [0.5, 0.6) is 0 Å². The summed E-state index contributed by atoms with van der Waals surface area (Å²) in [5, 5.41) is 0. The molecule has 1 saturated heterocycles. The first-order valence-electron chi connectivity index (χ1n) is 7.87. The Morgan fingerprint density at radius 3 is 2.33 bits per heavy atom. The molecule has 5 nitrogen and oxygen atoms in total. The molecule has 1 amide bonds. The van der Waals surface area contributed by atoms with Crippen LogP contribution in [0.3, 0.4) is 0 Å². The lowest BCUT2D eigenvalue weighted by molar-refractivity contribution is 0.0791. The van der Waals surface area contributed by atoms with Crippen LogP contribution in [0.15, 0.2) is 59.5 Å². The highest BCUT2D eigenvalue weighted by atomic mass is 32.2. The van der Waals surface area contributed by atoms with Gasteiger partial charge in [-0.05, 0) is 36.2 Å². The van der Waals surface area contributed by atoms with Crippen LogP contribution in [0.1, 0.15) is 22.3 Å². The molecule has 0 aromatic heterocycles.